The van der Waals surface area contributed by atoms with Crippen molar-refractivity contribution < 1.29 is 19.1 Å². The lowest BCUT2D eigenvalue weighted by Gasteiger charge is -2.26. The van der Waals surface area contributed by atoms with Gasteiger partial charge in [-0.05, 0) is 84.0 Å². The predicted molar refractivity (Wildman–Crippen MR) is 143 cm³/mol. The molecule has 1 heterocycles. The number of nitrogens with zero attached hydrogens (tertiary/aromatic N) is 2. The topological polar surface area (TPSA) is 80.8 Å². The van der Waals surface area contributed by atoms with E-state index in [1.165, 1.54) is 7.11 Å². The van der Waals surface area contributed by atoms with Crippen molar-refractivity contribution in [1.82, 2.24) is 10.3 Å². The fourth-order valence-corrected chi connectivity index (χ4v) is 4.00. The van der Waals surface area contributed by atoms with Crippen molar-refractivity contribution in [2.75, 3.05) is 18.6 Å². The number of hydrogen-bond donors (Lipinski definition) is 1. The Morgan fingerprint density at radius 1 is 0.972 bits per heavy atom. The molecule has 0 bridgehead atoms. The third-order valence-electron chi connectivity index (χ3n) is 5.56. The van der Waals surface area contributed by atoms with Crippen LogP contribution < -0.4 is 15.0 Å². The van der Waals surface area contributed by atoms with E-state index in [9.17, 15) is 9.59 Å². The van der Waals surface area contributed by atoms with E-state index in [2.05, 4.69) is 10.3 Å². The molecule has 0 radical (unpaired) electrons. The number of benzene rings is 3. The molecule has 0 aliphatic rings. The molecule has 4 rings (SSSR count). The van der Waals surface area contributed by atoms with Crippen LogP contribution in [0.5, 0.6) is 5.75 Å². The van der Waals surface area contributed by atoms with Crippen molar-refractivity contribution in [1.29, 1.82) is 0 Å². The molecule has 1 N–H and O–H groups in total. The first kappa shape index (κ1) is 24.8. The summed E-state index contributed by atoms with van der Waals surface area (Å²) in [5.41, 5.74) is 2.45. The van der Waals surface area contributed by atoms with Gasteiger partial charge >= 0.3 is 5.97 Å². The molecule has 0 unspecified atom stereocenters. The summed E-state index contributed by atoms with van der Waals surface area (Å²) >= 11 is 5.68. The lowest BCUT2D eigenvalue weighted by molar-refractivity contribution is 0.0526. The molecule has 3 aromatic carbocycles. The highest BCUT2D eigenvalue weighted by molar-refractivity contribution is 7.80. The van der Waals surface area contributed by atoms with E-state index in [1.807, 2.05) is 42.5 Å². The summed E-state index contributed by atoms with van der Waals surface area (Å²) in [6.07, 6.45) is 3.39. The van der Waals surface area contributed by atoms with Gasteiger partial charge in [0.2, 0.25) is 0 Å². The van der Waals surface area contributed by atoms with Gasteiger partial charge in [0.15, 0.2) is 5.11 Å². The SMILES string of the molecule is CCOC(=O)c1ccc(N(Cc2ccncc2)C(=S)NC(=O)c2cc3ccccc3cc2OC)cc1. The van der Waals surface area contributed by atoms with Gasteiger partial charge in [-0.25, -0.2) is 4.79 Å². The van der Waals surface area contributed by atoms with Crippen LogP contribution in [-0.4, -0.2) is 35.7 Å². The zero-order valence-corrected chi connectivity index (χ0v) is 20.7. The smallest absolute Gasteiger partial charge is 0.338 e. The van der Waals surface area contributed by atoms with Crippen molar-refractivity contribution in [3.8, 4) is 5.75 Å². The Balaban J connectivity index is 1.62. The molecule has 0 atom stereocenters. The normalized spacial score (nSPS) is 10.5. The van der Waals surface area contributed by atoms with Gasteiger partial charge < -0.3 is 14.4 Å². The highest BCUT2D eigenvalue weighted by Gasteiger charge is 2.20. The van der Waals surface area contributed by atoms with E-state index in [0.717, 1.165) is 16.3 Å². The van der Waals surface area contributed by atoms with E-state index in [0.29, 0.717) is 35.7 Å². The quantitative estimate of drug-likeness (QED) is 0.278. The van der Waals surface area contributed by atoms with Crippen molar-refractivity contribution in [3.63, 3.8) is 0 Å². The number of esters is 1. The van der Waals surface area contributed by atoms with Gasteiger partial charge in [-0.1, -0.05) is 24.3 Å². The van der Waals surface area contributed by atoms with Crippen LogP contribution in [0.3, 0.4) is 0 Å². The second kappa shape index (κ2) is 11.4. The van der Waals surface area contributed by atoms with Crippen molar-refractivity contribution in [3.05, 3.63) is 102 Å². The monoisotopic (exact) mass is 499 g/mol. The summed E-state index contributed by atoms with van der Waals surface area (Å²) in [7, 11) is 1.53. The molecule has 8 heteroatoms. The summed E-state index contributed by atoms with van der Waals surface area (Å²) in [5, 5.41) is 4.93. The van der Waals surface area contributed by atoms with Crippen LogP contribution in [-0.2, 0) is 11.3 Å². The van der Waals surface area contributed by atoms with E-state index in [1.54, 1.807) is 54.5 Å². The molecule has 1 aromatic heterocycles. The number of methoxy groups -OCH3 is 1. The Morgan fingerprint density at radius 2 is 1.64 bits per heavy atom. The number of nitrogens with one attached hydrogen (secondary N) is 1. The minimum atomic E-state index is -0.399. The highest BCUT2D eigenvalue weighted by atomic mass is 32.1. The summed E-state index contributed by atoms with van der Waals surface area (Å²) in [4.78, 5) is 31.2. The lowest BCUT2D eigenvalue weighted by atomic mass is 10.1. The average molecular weight is 500 g/mol. The van der Waals surface area contributed by atoms with Gasteiger partial charge in [-0.3, -0.25) is 15.1 Å². The lowest BCUT2D eigenvalue weighted by Crippen LogP contribution is -2.42. The number of rotatable bonds is 7. The molecule has 7 nitrogen and oxygen atoms in total. The Labute approximate surface area is 214 Å². The number of fused-ring (bicyclic) bond motifs is 1. The molecule has 182 valence electrons. The number of amides is 1. The van der Waals surface area contributed by atoms with Gasteiger partial charge in [-0.15, -0.1) is 0 Å². The van der Waals surface area contributed by atoms with Gasteiger partial charge in [0.25, 0.3) is 5.91 Å². The van der Waals surface area contributed by atoms with E-state index < -0.39 is 5.97 Å². The number of aromatic nitrogens is 1. The summed E-state index contributed by atoms with van der Waals surface area (Å²) in [6.45, 7) is 2.44. The summed E-state index contributed by atoms with van der Waals surface area (Å²) in [5.74, 6) is -0.331. The molecule has 4 aromatic rings. The maximum Gasteiger partial charge on any atom is 0.338 e. The number of pyridine rings is 1. The number of thiocarbonyl (C=S) groups is 1. The minimum Gasteiger partial charge on any atom is -0.496 e. The van der Waals surface area contributed by atoms with Crippen molar-refractivity contribution in [2.24, 2.45) is 0 Å². The largest absolute Gasteiger partial charge is 0.496 e. The van der Waals surface area contributed by atoms with Crippen LogP contribution >= 0.6 is 12.2 Å². The molecule has 0 saturated carbocycles. The number of anilines is 1. The predicted octanol–water partition coefficient (Wildman–Crippen LogP) is 5.14. The second-order valence-corrected chi connectivity index (χ2v) is 8.25. The number of ether oxygens (including phenoxy) is 2. The molecule has 36 heavy (non-hydrogen) atoms. The fraction of sp³-hybridized carbons (Fsp3) is 0.143. The van der Waals surface area contributed by atoms with Crippen molar-refractivity contribution >= 4 is 45.7 Å². The van der Waals surface area contributed by atoms with Crippen LogP contribution in [0.4, 0.5) is 5.69 Å². The third-order valence-corrected chi connectivity index (χ3v) is 5.88. The van der Waals surface area contributed by atoms with Gasteiger partial charge in [0, 0.05) is 18.1 Å². The standard InChI is InChI=1S/C28H25N3O4S/c1-3-35-27(33)20-8-10-23(11-9-20)31(18-19-12-14-29-15-13-19)28(36)30-26(32)24-16-21-6-4-5-7-22(21)17-25(24)34-2/h4-17H,3,18H2,1-2H3,(H,30,32,36). The molecular formula is C28H25N3O4S. The fourth-order valence-electron chi connectivity index (χ4n) is 3.74. The molecular weight excluding hydrogens is 474 g/mol. The first-order valence-electron chi connectivity index (χ1n) is 11.4. The van der Waals surface area contributed by atoms with Crippen LogP contribution in [0.15, 0.2) is 85.2 Å². The maximum absolute atomic E-state index is 13.3. The number of carbonyl (C=O) groups excluding carboxylic acids is 2. The Hall–Kier alpha value is -4.30. The number of hydrogen-bond acceptors (Lipinski definition) is 6. The number of carbonyl (C=O) groups is 2. The van der Waals surface area contributed by atoms with Crippen LogP contribution in [0, 0.1) is 0 Å². The molecule has 0 aliphatic carbocycles. The van der Waals surface area contributed by atoms with Crippen LogP contribution in [0.25, 0.3) is 10.8 Å². The zero-order valence-electron chi connectivity index (χ0n) is 19.9. The molecule has 0 saturated heterocycles. The van der Waals surface area contributed by atoms with E-state index in [-0.39, 0.29) is 11.0 Å². The minimum absolute atomic E-state index is 0.205. The van der Waals surface area contributed by atoms with Crippen molar-refractivity contribution in [2.45, 2.75) is 13.5 Å². The molecule has 1 amide bonds. The summed E-state index contributed by atoms with van der Waals surface area (Å²) in [6, 6.07) is 22.0. The van der Waals surface area contributed by atoms with E-state index >= 15 is 0 Å². The van der Waals surface area contributed by atoms with Gasteiger partial charge in [0.05, 0.1) is 31.4 Å². The van der Waals surface area contributed by atoms with E-state index in [4.69, 9.17) is 21.7 Å². The highest BCUT2D eigenvalue weighted by Crippen LogP contribution is 2.26. The molecule has 0 fully saturated rings. The first-order valence-corrected chi connectivity index (χ1v) is 11.8. The third kappa shape index (κ3) is 5.67. The Kier molecular flexibility index (Phi) is 7.87. The first-order chi connectivity index (χ1) is 17.5. The van der Waals surface area contributed by atoms with Gasteiger partial charge in [-0.2, -0.15) is 0 Å². The van der Waals surface area contributed by atoms with Gasteiger partial charge in [0.1, 0.15) is 5.75 Å². The average Bonchev–Trinajstić information content (AvgIpc) is 2.91. The molecule has 0 spiro atoms. The second-order valence-electron chi connectivity index (χ2n) is 7.87. The van der Waals surface area contributed by atoms with Crippen LogP contribution in [0.2, 0.25) is 0 Å². The zero-order chi connectivity index (χ0) is 25.5. The molecule has 0 aliphatic heterocycles. The maximum atomic E-state index is 13.3. The van der Waals surface area contributed by atoms with Crippen LogP contribution in [0.1, 0.15) is 33.2 Å². The Morgan fingerprint density at radius 3 is 2.28 bits per heavy atom. The summed E-state index contributed by atoms with van der Waals surface area (Å²) < 4.78 is 10.6. The Bertz CT molecular complexity index is 1390.